The molecule has 0 fully saturated rings. The van der Waals surface area contributed by atoms with Gasteiger partial charge in [0, 0.05) is 37.0 Å². The molecule has 0 aliphatic carbocycles. The van der Waals surface area contributed by atoms with Gasteiger partial charge in [-0.3, -0.25) is 9.20 Å². The fourth-order valence-corrected chi connectivity index (χ4v) is 2.91. The largest absolute Gasteiger partial charge is 0.326 e. The Hall–Kier alpha value is -2.08. The van der Waals surface area contributed by atoms with Gasteiger partial charge in [0.05, 0.1) is 5.69 Å². The van der Waals surface area contributed by atoms with Crippen molar-refractivity contribution in [2.75, 3.05) is 0 Å². The molecule has 0 spiro atoms. The number of rotatable bonds is 4. The van der Waals surface area contributed by atoms with Gasteiger partial charge in [0.1, 0.15) is 5.65 Å². The van der Waals surface area contributed by atoms with Gasteiger partial charge in [-0.25, -0.2) is 9.97 Å². The smallest absolute Gasteiger partial charge is 0.258 e. The van der Waals surface area contributed by atoms with Gasteiger partial charge in [-0.05, 0) is 19.1 Å². The highest BCUT2D eigenvalue weighted by Gasteiger charge is 2.06. The summed E-state index contributed by atoms with van der Waals surface area (Å²) < 4.78 is 3.61. The molecular weight excluding hydrogens is 272 g/mol. The van der Waals surface area contributed by atoms with Crippen molar-refractivity contribution in [2.24, 2.45) is 0 Å². The maximum absolute atomic E-state index is 12.0. The highest BCUT2D eigenvalue weighted by Crippen LogP contribution is 2.19. The maximum Gasteiger partial charge on any atom is 0.258 e. The topological polar surface area (TPSA) is 52.2 Å². The first kappa shape index (κ1) is 12.9. The predicted octanol–water partition coefficient (Wildman–Crippen LogP) is 2.20. The molecule has 6 heteroatoms. The van der Waals surface area contributed by atoms with E-state index in [2.05, 4.69) is 21.5 Å². The van der Waals surface area contributed by atoms with Crippen LogP contribution in [-0.4, -0.2) is 18.9 Å². The number of aryl methyl sites for hydroxylation is 1. The fraction of sp³-hybridized carbons (Fsp3) is 0.214. The van der Waals surface area contributed by atoms with Crippen LogP contribution >= 0.6 is 11.8 Å². The zero-order valence-corrected chi connectivity index (χ0v) is 11.9. The van der Waals surface area contributed by atoms with Crippen LogP contribution in [0.2, 0.25) is 0 Å². The number of thioether (sulfide) groups is 1. The normalized spacial score (nSPS) is 11.1. The van der Waals surface area contributed by atoms with Gasteiger partial charge in [-0.1, -0.05) is 17.8 Å². The Morgan fingerprint density at radius 1 is 1.30 bits per heavy atom. The summed E-state index contributed by atoms with van der Waals surface area (Å²) in [7, 11) is 0. The lowest BCUT2D eigenvalue weighted by atomic mass is 10.4. The highest BCUT2D eigenvalue weighted by atomic mass is 32.2. The summed E-state index contributed by atoms with van der Waals surface area (Å²) in [5, 5.41) is 0.947. The molecule has 0 radical (unpaired) electrons. The van der Waals surface area contributed by atoms with Crippen LogP contribution in [0.3, 0.4) is 0 Å². The Bertz CT molecular complexity index is 793. The molecule has 5 nitrogen and oxygen atoms in total. The van der Waals surface area contributed by atoms with Crippen LogP contribution in [0.15, 0.2) is 52.8 Å². The van der Waals surface area contributed by atoms with E-state index >= 15 is 0 Å². The zero-order valence-electron chi connectivity index (χ0n) is 11.1. The first-order valence-electron chi connectivity index (χ1n) is 6.39. The third kappa shape index (κ3) is 2.46. The molecule has 3 aromatic rings. The second kappa shape index (κ2) is 5.50. The molecule has 3 aromatic heterocycles. The monoisotopic (exact) mass is 286 g/mol. The van der Waals surface area contributed by atoms with E-state index in [9.17, 15) is 4.79 Å². The average molecular weight is 286 g/mol. The van der Waals surface area contributed by atoms with Gasteiger partial charge < -0.3 is 4.57 Å². The molecule has 0 unspecified atom stereocenters. The first-order valence-corrected chi connectivity index (χ1v) is 7.38. The second-order valence-corrected chi connectivity index (χ2v) is 5.24. The first-order chi connectivity index (χ1) is 9.78. The van der Waals surface area contributed by atoms with Gasteiger partial charge in [0.15, 0.2) is 5.16 Å². The molecule has 0 saturated heterocycles. The van der Waals surface area contributed by atoms with Crippen molar-refractivity contribution in [1.29, 1.82) is 0 Å². The number of aromatic nitrogens is 4. The SMILES string of the molecule is CCn1ccnc1SCc1cc(=O)n2ccccc2n1. The van der Waals surface area contributed by atoms with Crippen molar-refractivity contribution in [3.05, 3.63) is 58.9 Å². The van der Waals surface area contributed by atoms with Crippen molar-refractivity contribution in [1.82, 2.24) is 18.9 Å². The third-order valence-electron chi connectivity index (χ3n) is 2.99. The molecule has 20 heavy (non-hydrogen) atoms. The van der Waals surface area contributed by atoms with E-state index in [1.54, 1.807) is 34.6 Å². The Balaban J connectivity index is 1.86. The van der Waals surface area contributed by atoms with Gasteiger partial charge in [0.2, 0.25) is 0 Å². The van der Waals surface area contributed by atoms with E-state index in [-0.39, 0.29) is 5.56 Å². The van der Waals surface area contributed by atoms with Crippen LogP contribution < -0.4 is 5.56 Å². The van der Waals surface area contributed by atoms with Gasteiger partial charge >= 0.3 is 0 Å². The summed E-state index contributed by atoms with van der Waals surface area (Å²) in [5.41, 5.74) is 1.40. The van der Waals surface area contributed by atoms with Crippen LogP contribution in [0.25, 0.3) is 5.65 Å². The Kier molecular flexibility index (Phi) is 3.56. The highest BCUT2D eigenvalue weighted by molar-refractivity contribution is 7.98. The fourth-order valence-electron chi connectivity index (χ4n) is 1.99. The van der Waals surface area contributed by atoms with Crippen molar-refractivity contribution >= 4 is 17.4 Å². The van der Waals surface area contributed by atoms with Crippen molar-refractivity contribution < 1.29 is 0 Å². The number of fused-ring (bicyclic) bond motifs is 1. The lowest BCUT2D eigenvalue weighted by molar-refractivity contribution is 0.681. The van der Waals surface area contributed by atoms with Crippen molar-refractivity contribution in [3.8, 4) is 0 Å². The molecule has 0 aliphatic rings. The molecule has 0 aromatic carbocycles. The molecule has 0 bridgehead atoms. The maximum atomic E-state index is 12.0. The summed E-state index contributed by atoms with van der Waals surface area (Å²) in [6, 6.07) is 7.12. The Labute approximate surface area is 120 Å². The molecule has 0 atom stereocenters. The lowest BCUT2D eigenvalue weighted by Crippen LogP contribution is -2.14. The standard InChI is InChI=1S/C14H14N4OS/c1-2-17-8-6-15-14(17)20-10-11-9-13(19)18-7-4-3-5-12(18)16-11/h3-9H,2,10H2,1H3. The minimum atomic E-state index is -0.0509. The quantitative estimate of drug-likeness (QED) is 0.690. The van der Waals surface area contributed by atoms with Gasteiger partial charge in [0.25, 0.3) is 5.56 Å². The number of hydrogen-bond donors (Lipinski definition) is 0. The van der Waals surface area contributed by atoms with Crippen LogP contribution in [0.4, 0.5) is 0 Å². The Morgan fingerprint density at radius 2 is 2.20 bits per heavy atom. The summed E-state index contributed by atoms with van der Waals surface area (Å²) in [4.78, 5) is 20.8. The third-order valence-corrected chi connectivity index (χ3v) is 4.03. The molecule has 102 valence electrons. The van der Waals surface area contributed by atoms with Gasteiger partial charge in [-0.2, -0.15) is 0 Å². The van der Waals surface area contributed by atoms with Crippen molar-refractivity contribution in [3.63, 3.8) is 0 Å². The second-order valence-electron chi connectivity index (χ2n) is 4.30. The van der Waals surface area contributed by atoms with Crippen LogP contribution in [0.1, 0.15) is 12.6 Å². The van der Waals surface area contributed by atoms with Crippen LogP contribution in [-0.2, 0) is 12.3 Å². The van der Waals surface area contributed by atoms with E-state index in [1.165, 1.54) is 0 Å². The molecule has 0 aliphatic heterocycles. The van der Waals surface area contributed by atoms with Crippen molar-refractivity contribution in [2.45, 2.75) is 24.4 Å². The van der Waals surface area contributed by atoms with Crippen LogP contribution in [0.5, 0.6) is 0 Å². The Morgan fingerprint density at radius 3 is 3.05 bits per heavy atom. The number of imidazole rings is 1. The number of nitrogens with zero attached hydrogens (tertiary/aromatic N) is 4. The minimum Gasteiger partial charge on any atom is -0.326 e. The molecule has 3 rings (SSSR count). The van der Waals surface area contributed by atoms with E-state index in [0.29, 0.717) is 11.4 Å². The zero-order chi connectivity index (χ0) is 13.9. The molecule has 0 N–H and O–H groups in total. The molecule has 0 amide bonds. The average Bonchev–Trinajstić information content (AvgIpc) is 2.93. The van der Waals surface area contributed by atoms with Gasteiger partial charge in [-0.15, -0.1) is 0 Å². The van der Waals surface area contributed by atoms with E-state index in [0.717, 1.165) is 17.4 Å². The summed E-state index contributed by atoms with van der Waals surface area (Å²) in [5.74, 6) is 0.637. The molecule has 0 saturated carbocycles. The summed E-state index contributed by atoms with van der Waals surface area (Å²) in [6.07, 6.45) is 5.46. The van der Waals surface area contributed by atoms with E-state index in [4.69, 9.17) is 0 Å². The minimum absolute atomic E-state index is 0.0509. The molecule has 3 heterocycles. The number of pyridine rings is 1. The summed E-state index contributed by atoms with van der Waals surface area (Å²) in [6.45, 7) is 2.96. The lowest BCUT2D eigenvalue weighted by Gasteiger charge is -2.05. The van der Waals surface area contributed by atoms with Crippen LogP contribution in [0, 0.1) is 0 Å². The predicted molar refractivity (Wildman–Crippen MR) is 78.9 cm³/mol. The summed E-state index contributed by atoms with van der Waals surface area (Å²) >= 11 is 1.59. The van der Waals surface area contributed by atoms with E-state index in [1.807, 2.05) is 24.4 Å². The number of hydrogen-bond acceptors (Lipinski definition) is 4. The molecular formula is C14H14N4OS. The van der Waals surface area contributed by atoms with E-state index < -0.39 is 0 Å².